The average molecular weight is 441 g/mol. The topological polar surface area (TPSA) is 104 Å². The Bertz CT molecular complexity index is 1370. The highest BCUT2D eigenvalue weighted by molar-refractivity contribution is 5.87. The van der Waals surface area contributed by atoms with Crippen molar-refractivity contribution in [2.45, 2.75) is 19.9 Å². The lowest BCUT2D eigenvalue weighted by Crippen LogP contribution is -2.54. The first kappa shape index (κ1) is 20.7. The number of nitriles is 1. The standard InChI is InChI=1S/C24H24N8O/c1-15(2)29-24(33)20-12-31(13-20)22-5-4-16(8-26-22)21-6-17(19-10-27-30(3)11-19)14-32-23(21)18(7-25)9-28-32/h4-6,8-11,14-15,20H,12-13H2,1-3H3,(H,29,33). The van der Waals surface area contributed by atoms with E-state index in [1.54, 1.807) is 21.6 Å². The number of fused-ring (bicyclic) bond motifs is 1. The van der Waals surface area contributed by atoms with Gasteiger partial charge in [-0.3, -0.25) is 9.48 Å². The third-order valence-electron chi connectivity index (χ3n) is 5.84. The molecule has 1 fully saturated rings. The SMILES string of the molecule is CC(C)NC(=O)C1CN(c2ccc(-c3cc(-c4cnn(C)c4)cn4ncc(C#N)c34)cn2)C1. The maximum absolute atomic E-state index is 12.2. The van der Waals surface area contributed by atoms with E-state index in [-0.39, 0.29) is 17.9 Å². The van der Waals surface area contributed by atoms with Gasteiger partial charge in [-0.1, -0.05) is 0 Å². The van der Waals surface area contributed by atoms with Gasteiger partial charge >= 0.3 is 0 Å². The van der Waals surface area contributed by atoms with E-state index in [4.69, 9.17) is 0 Å². The molecule has 5 rings (SSSR count). The molecule has 4 aromatic rings. The number of nitrogens with zero attached hydrogens (tertiary/aromatic N) is 7. The quantitative estimate of drug-likeness (QED) is 0.512. The summed E-state index contributed by atoms with van der Waals surface area (Å²) in [6, 6.07) is 8.38. The number of aromatic nitrogens is 5. The second kappa shape index (κ2) is 8.06. The predicted octanol–water partition coefficient (Wildman–Crippen LogP) is 2.63. The minimum atomic E-state index is -0.00496. The molecule has 33 heavy (non-hydrogen) atoms. The van der Waals surface area contributed by atoms with E-state index in [1.165, 1.54) is 0 Å². The molecule has 0 aliphatic carbocycles. The molecule has 9 heteroatoms. The maximum atomic E-state index is 12.2. The Morgan fingerprint density at radius 2 is 1.94 bits per heavy atom. The molecule has 1 amide bonds. The van der Waals surface area contributed by atoms with Gasteiger partial charge in [0.15, 0.2) is 0 Å². The van der Waals surface area contributed by atoms with Crippen LogP contribution in [0.1, 0.15) is 19.4 Å². The number of rotatable bonds is 5. The first-order valence-electron chi connectivity index (χ1n) is 10.8. The number of carbonyl (C=O) groups excluding carboxylic acids is 1. The van der Waals surface area contributed by atoms with Crippen LogP contribution in [0, 0.1) is 17.2 Å². The number of anilines is 1. The smallest absolute Gasteiger partial charge is 0.226 e. The van der Waals surface area contributed by atoms with E-state index in [2.05, 4.69) is 31.5 Å². The monoisotopic (exact) mass is 440 g/mol. The molecular weight excluding hydrogens is 416 g/mol. The summed E-state index contributed by atoms with van der Waals surface area (Å²) >= 11 is 0. The molecule has 0 aromatic carbocycles. The van der Waals surface area contributed by atoms with Crippen LogP contribution in [0.25, 0.3) is 27.8 Å². The van der Waals surface area contributed by atoms with Crippen LogP contribution in [-0.4, -0.2) is 49.4 Å². The first-order valence-corrected chi connectivity index (χ1v) is 10.8. The zero-order valence-electron chi connectivity index (χ0n) is 18.7. The Kier molecular flexibility index (Phi) is 5.05. The van der Waals surface area contributed by atoms with Gasteiger partial charge in [0.25, 0.3) is 0 Å². The first-order chi connectivity index (χ1) is 15.9. The fraction of sp³-hybridized carbons (Fsp3) is 0.292. The minimum absolute atomic E-state index is 0.00496. The van der Waals surface area contributed by atoms with Gasteiger partial charge in [0.1, 0.15) is 11.9 Å². The van der Waals surface area contributed by atoms with E-state index in [9.17, 15) is 10.1 Å². The molecule has 0 radical (unpaired) electrons. The number of hydrogen-bond acceptors (Lipinski definition) is 6. The average Bonchev–Trinajstić information content (AvgIpc) is 3.38. The van der Waals surface area contributed by atoms with E-state index in [0.29, 0.717) is 18.7 Å². The molecule has 1 saturated heterocycles. The molecule has 0 unspecified atom stereocenters. The van der Waals surface area contributed by atoms with Crippen LogP contribution < -0.4 is 10.2 Å². The molecule has 166 valence electrons. The molecule has 1 aliphatic heterocycles. The Morgan fingerprint density at radius 1 is 1.12 bits per heavy atom. The van der Waals surface area contributed by atoms with Crippen LogP contribution in [0.3, 0.4) is 0 Å². The third-order valence-corrected chi connectivity index (χ3v) is 5.84. The van der Waals surface area contributed by atoms with Crippen molar-refractivity contribution in [3.63, 3.8) is 0 Å². The van der Waals surface area contributed by atoms with E-state index >= 15 is 0 Å². The molecule has 1 aliphatic rings. The number of pyridine rings is 2. The van der Waals surface area contributed by atoms with Crippen LogP contribution >= 0.6 is 0 Å². The number of amides is 1. The predicted molar refractivity (Wildman–Crippen MR) is 124 cm³/mol. The largest absolute Gasteiger partial charge is 0.355 e. The highest BCUT2D eigenvalue weighted by Crippen LogP contribution is 2.33. The van der Waals surface area contributed by atoms with E-state index in [1.807, 2.05) is 57.7 Å². The Labute approximate surface area is 191 Å². The lowest BCUT2D eigenvalue weighted by atomic mass is 9.98. The third kappa shape index (κ3) is 3.80. The van der Waals surface area contributed by atoms with Crippen molar-refractivity contribution in [3.05, 3.63) is 54.7 Å². The van der Waals surface area contributed by atoms with Crippen molar-refractivity contribution in [1.29, 1.82) is 5.26 Å². The van der Waals surface area contributed by atoms with Crippen molar-refractivity contribution < 1.29 is 4.79 Å². The second-order valence-electron chi connectivity index (χ2n) is 8.68. The number of carbonyl (C=O) groups is 1. The van der Waals surface area contributed by atoms with E-state index < -0.39 is 0 Å². The summed E-state index contributed by atoms with van der Waals surface area (Å²) in [5, 5.41) is 21.2. The molecule has 0 atom stereocenters. The van der Waals surface area contributed by atoms with Crippen LogP contribution in [0.5, 0.6) is 0 Å². The van der Waals surface area contributed by atoms with Gasteiger partial charge in [-0.05, 0) is 32.0 Å². The second-order valence-corrected chi connectivity index (χ2v) is 8.68. The summed E-state index contributed by atoms with van der Waals surface area (Å²) in [5.74, 6) is 0.924. The van der Waals surface area contributed by atoms with Gasteiger partial charge < -0.3 is 10.2 Å². The van der Waals surface area contributed by atoms with Crippen LogP contribution in [0.15, 0.2) is 49.2 Å². The summed E-state index contributed by atoms with van der Waals surface area (Å²) < 4.78 is 3.48. The van der Waals surface area contributed by atoms with Gasteiger partial charge in [0, 0.05) is 67.0 Å². The van der Waals surface area contributed by atoms with Crippen molar-refractivity contribution in [3.8, 4) is 28.3 Å². The van der Waals surface area contributed by atoms with Crippen LogP contribution in [-0.2, 0) is 11.8 Å². The fourth-order valence-electron chi connectivity index (χ4n) is 4.12. The molecule has 0 saturated carbocycles. The van der Waals surface area contributed by atoms with Gasteiger partial charge in [0.05, 0.1) is 29.4 Å². The van der Waals surface area contributed by atoms with Crippen molar-refractivity contribution in [2.75, 3.05) is 18.0 Å². The van der Waals surface area contributed by atoms with Gasteiger partial charge in [-0.25, -0.2) is 9.50 Å². The summed E-state index contributed by atoms with van der Waals surface area (Å²) in [7, 11) is 1.88. The Hall–Kier alpha value is -4.19. The normalized spacial score (nSPS) is 13.8. The lowest BCUT2D eigenvalue weighted by Gasteiger charge is -2.39. The number of nitrogens with one attached hydrogen (secondary N) is 1. The summed E-state index contributed by atoms with van der Waals surface area (Å²) in [5.41, 5.74) is 4.93. The minimum Gasteiger partial charge on any atom is -0.355 e. The molecule has 1 N–H and O–H groups in total. The molecule has 0 bridgehead atoms. The Morgan fingerprint density at radius 3 is 2.58 bits per heavy atom. The van der Waals surface area contributed by atoms with Gasteiger partial charge in [-0.2, -0.15) is 15.5 Å². The van der Waals surface area contributed by atoms with Gasteiger partial charge in [0.2, 0.25) is 5.91 Å². The van der Waals surface area contributed by atoms with Crippen molar-refractivity contribution >= 4 is 17.2 Å². The zero-order chi connectivity index (χ0) is 23.1. The molecule has 5 heterocycles. The van der Waals surface area contributed by atoms with E-state index in [0.717, 1.165) is 33.6 Å². The molecular formula is C24H24N8O. The molecule has 4 aromatic heterocycles. The van der Waals surface area contributed by atoms with Crippen molar-refractivity contribution in [1.82, 2.24) is 29.7 Å². The van der Waals surface area contributed by atoms with Crippen LogP contribution in [0.2, 0.25) is 0 Å². The zero-order valence-corrected chi connectivity index (χ0v) is 18.7. The Balaban J connectivity index is 1.45. The van der Waals surface area contributed by atoms with Gasteiger partial charge in [-0.15, -0.1) is 0 Å². The van der Waals surface area contributed by atoms with Crippen LogP contribution in [0.4, 0.5) is 5.82 Å². The highest BCUT2D eigenvalue weighted by Gasteiger charge is 2.33. The maximum Gasteiger partial charge on any atom is 0.226 e. The summed E-state index contributed by atoms with van der Waals surface area (Å²) in [6.07, 6.45) is 9.04. The summed E-state index contributed by atoms with van der Waals surface area (Å²) in [6.45, 7) is 5.25. The molecule has 0 spiro atoms. The number of aryl methyl sites for hydroxylation is 1. The fourth-order valence-corrected chi connectivity index (χ4v) is 4.12. The highest BCUT2D eigenvalue weighted by atomic mass is 16.2. The number of hydrogen-bond donors (Lipinski definition) is 1. The summed E-state index contributed by atoms with van der Waals surface area (Å²) in [4.78, 5) is 18.9. The lowest BCUT2D eigenvalue weighted by molar-refractivity contribution is -0.126. The van der Waals surface area contributed by atoms with Crippen molar-refractivity contribution in [2.24, 2.45) is 13.0 Å². The molecule has 9 nitrogen and oxygen atoms in total.